The predicted octanol–water partition coefficient (Wildman–Crippen LogP) is 3.92. The molecule has 5 heteroatoms. The molecule has 0 aromatic heterocycles. The number of halogens is 1. The number of hydrogen-bond donors (Lipinski definition) is 1. The number of carbonyl (C=O) groups is 1. The quantitative estimate of drug-likeness (QED) is 0.842. The molecule has 3 fully saturated rings. The van der Waals surface area contributed by atoms with Crippen molar-refractivity contribution < 1.29 is 4.79 Å². The summed E-state index contributed by atoms with van der Waals surface area (Å²) < 4.78 is 0. The number of amides is 1. The second-order valence-electron chi connectivity index (χ2n) is 7.72. The van der Waals surface area contributed by atoms with E-state index in [9.17, 15) is 4.79 Å². The smallest absolute Gasteiger partial charge is 0.223 e. The molecule has 3 aliphatic rings. The Labute approximate surface area is 159 Å². The maximum Gasteiger partial charge on any atom is 0.223 e. The summed E-state index contributed by atoms with van der Waals surface area (Å²) in [4.78, 5) is 15.4. The Hall–Kier alpha value is -0.710. The Bertz CT molecular complexity index is 626. The predicted molar refractivity (Wildman–Crippen MR) is 105 cm³/mol. The number of rotatable bonds is 5. The van der Waals surface area contributed by atoms with Gasteiger partial charge in [0.25, 0.3) is 0 Å². The summed E-state index contributed by atoms with van der Waals surface area (Å²) in [7, 11) is 0. The summed E-state index contributed by atoms with van der Waals surface area (Å²) in [6, 6.07) is 7.94. The Balaban J connectivity index is 1.36. The molecule has 2 unspecified atom stereocenters. The van der Waals surface area contributed by atoms with Gasteiger partial charge in [-0.2, -0.15) is 11.8 Å². The Morgan fingerprint density at radius 2 is 1.96 bits per heavy atom. The van der Waals surface area contributed by atoms with E-state index in [4.69, 9.17) is 11.6 Å². The Kier molecular flexibility index (Phi) is 5.30. The lowest BCUT2D eigenvalue weighted by atomic mass is 9.94. The molecule has 2 aliphatic carbocycles. The first-order valence-electron chi connectivity index (χ1n) is 9.55. The van der Waals surface area contributed by atoms with E-state index in [0.717, 1.165) is 23.6 Å². The summed E-state index contributed by atoms with van der Waals surface area (Å²) in [6.45, 7) is 3.17. The van der Waals surface area contributed by atoms with Crippen LogP contribution in [0.25, 0.3) is 0 Å². The van der Waals surface area contributed by atoms with Gasteiger partial charge in [-0.1, -0.05) is 42.6 Å². The molecule has 0 bridgehead atoms. The van der Waals surface area contributed by atoms with E-state index in [1.807, 2.05) is 18.2 Å². The molecular weight excluding hydrogens is 352 g/mol. The molecule has 1 N–H and O–H groups in total. The maximum absolute atomic E-state index is 12.7. The van der Waals surface area contributed by atoms with Crippen molar-refractivity contribution in [2.45, 2.75) is 43.6 Å². The van der Waals surface area contributed by atoms with Gasteiger partial charge in [-0.3, -0.25) is 9.69 Å². The van der Waals surface area contributed by atoms with Crippen molar-refractivity contribution in [1.82, 2.24) is 10.2 Å². The maximum atomic E-state index is 12.7. The zero-order valence-electron chi connectivity index (χ0n) is 14.7. The molecule has 136 valence electrons. The summed E-state index contributed by atoms with van der Waals surface area (Å²) in [5.41, 5.74) is 1.35. The van der Waals surface area contributed by atoms with Gasteiger partial charge >= 0.3 is 0 Å². The number of carbonyl (C=O) groups excluding carboxylic acids is 1. The standard InChI is InChI=1S/C20H27ClN2OS/c21-18-6-2-1-5-15(18)16-13-17(16)19(24)22-14-20(7-3-4-8-20)23-9-11-25-12-10-23/h1-2,5-6,16-17H,3-4,7-14H2,(H,22,24). The van der Waals surface area contributed by atoms with Crippen LogP contribution in [0.1, 0.15) is 43.6 Å². The third-order valence-electron chi connectivity index (χ3n) is 6.24. The molecule has 25 heavy (non-hydrogen) atoms. The van der Waals surface area contributed by atoms with Crippen LogP contribution in [0.15, 0.2) is 24.3 Å². The molecule has 1 aromatic carbocycles. The normalized spacial score (nSPS) is 28.7. The van der Waals surface area contributed by atoms with Gasteiger partial charge in [0, 0.05) is 47.6 Å². The monoisotopic (exact) mass is 378 g/mol. The zero-order valence-corrected chi connectivity index (χ0v) is 16.2. The van der Waals surface area contributed by atoms with Gasteiger partial charge in [0.1, 0.15) is 0 Å². The summed E-state index contributed by atoms with van der Waals surface area (Å²) >= 11 is 8.35. The van der Waals surface area contributed by atoms with Crippen molar-refractivity contribution in [1.29, 1.82) is 0 Å². The molecule has 3 nitrogen and oxygen atoms in total. The van der Waals surface area contributed by atoms with Gasteiger partial charge in [-0.25, -0.2) is 0 Å². The van der Waals surface area contributed by atoms with Crippen molar-refractivity contribution >= 4 is 29.3 Å². The summed E-state index contributed by atoms with van der Waals surface area (Å²) in [5.74, 6) is 3.09. The van der Waals surface area contributed by atoms with Crippen LogP contribution in [-0.4, -0.2) is 47.5 Å². The van der Waals surface area contributed by atoms with Crippen LogP contribution >= 0.6 is 23.4 Å². The zero-order chi connectivity index (χ0) is 17.3. The van der Waals surface area contributed by atoms with Crippen LogP contribution in [0, 0.1) is 5.92 Å². The Morgan fingerprint density at radius 1 is 1.24 bits per heavy atom. The number of thioether (sulfide) groups is 1. The van der Waals surface area contributed by atoms with Gasteiger partial charge in [-0.15, -0.1) is 0 Å². The lowest BCUT2D eigenvalue weighted by molar-refractivity contribution is -0.123. The largest absolute Gasteiger partial charge is 0.354 e. The Morgan fingerprint density at radius 3 is 2.68 bits per heavy atom. The van der Waals surface area contributed by atoms with Crippen LogP contribution in [0.3, 0.4) is 0 Å². The van der Waals surface area contributed by atoms with Crippen LogP contribution in [0.2, 0.25) is 5.02 Å². The van der Waals surface area contributed by atoms with E-state index < -0.39 is 0 Å². The van der Waals surface area contributed by atoms with E-state index in [0.29, 0.717) is 5.92 Å². The molecule has 1 aliphatic heterocycles. The van der Waals surface area contributed by atoms with Gasteiger partial charge in [0.2, 0.25) is 5.91 Å². The molecule has 2 atom stereocenters. The fourth-order valence-electron chi connectivity index (χ4n) is 4.66. The molecular formula is C20H27ClN2OS. The summed E-state index contributed by atoms with van der Waals surface area (Å²) in [5, 5.41) is 4.11. The minimum Gasteiger partial charge on any atom is -0.354 e. The van der Waals surface area contributed by atoms with Crippen LogP contribution < -0.4 is 5.32 Å². The second kappa shape index (κ2) is 7.50. The highest BCUT2D eigenvalue weighted by Gasteiger charge is 2.46. The molecule has 0 spiro atoms. The average Bonchev–Trinajstić information content (AvgIpc) is 3.30. The first kappa shape index (κ1) is 17.7. The van der Waals surface area contributed by atoms with E-state index >= 15 is 0 Å². The van der Waals surface area contributed by atoms with Gasteiger partial charge in [0.15, 0.2) is 0 Å². The number of nitrogens with one attached hydrogen (secondary N) is 1. The van der Waals surface area contributed by atoms with Gasteiger partial charge in [-0.05, 0) is 36.8 Å². The molecule has 1 saturated heterocycles. The van der Waals surface area contributed by atoms with Crippen molar-refractivity contribution in [3.8, 4) is 0 Å². The second-order valence-corrected chi connectivity index (χ2v) is 9.35. The lowest BCUT2D eigenvalue weighted by Gasteiger charge is -2.43. The van der Waals surface area contributed by atoms with E-state index in [-0.39, 0.29) is 17.4 Å². The van der Waals surface area contributed by atoms with Gasteiger partial charge in [0.05, 0.1) is 0 Å². The highest BCUT2D eigenvalue weighted by atomic mass is 35.5. The third-order valence-corrected chi connectivity index (χ3v) is 7.53. The van der Waals surface area contributed by atoms with Crippen molar-refractivity contribution in [3.63, 3.8) is 0 Å². The SMILES string of the molecule is O=C(NCC1(N2CCSCC2)CCCC1)C1CC1c1ccccc1Cl. The molecule has 1 aromatic rings. The number of hydrogen-bond acceptors (Lipinski definition) is 3. The first-order valence-corrected chi connectivity index (χ1v) is 11.1. The average molecular weight is 379 g/mol. The topological polar surface area (TPSA) is 32.3 Å². The minimum absolute atomic E-state index is 0.107. The molecule has 4 rings (SSSR count). The third kappa shape index (κ3) is 3.72. The number of benzene rings is 1. The molecule has 1 amide bonds. The summed E-state index contributed by atoms with van der Waals surface area (Å²) in [6.07, 6.45) is 5.99. The molecule has 2 saturated carbocycles. The van der Waals surface area contributed by atoms with Crippen LogP contribution in [-0.2, 0) is 4.79 Å². The fourth-order valence-corrected chi connectivity index (χ4v) is 5.84. The van der Waals surface area contributed by atoms with Crippen molar-refractivity contribution in [3.05, 3.63) is 34.9 Å². The lowest BCUT2D eigenvalue weighted by Crippen LogP contribution is -2.56. The van der Waals surface area contributed by atoms with E-state index in [2.05, 4.69) is 28.0 Å². The van der Waals surface area contributed by atoms with Crippen molar-refractivity contribution in [2.75, 3.05) is 31.1 Å². The minimum atomic E-state index is 0.107. The first-order chi connectivity index (χ1) is 12.2. The van der Waals surface area contributed by atoms with Crippen LogP contribution in [0.4, 0.5) is 0 Å². The van der Waals surface area contributed by atoms with E-state index in [1.54, 1.807) is 0 Å². The molecule has 1 heterocycles. The van der Waals surface area contributed by atoms with E-state index in [1.165, 1.54) is 50.3 Å². The highest BCUT2D eigenvalue weighted by Crippen LogP contribution is 2.49. The number of nitrogens with zero attached hydrogens (tertiary/aromatic N) is 1. The van der Waals surface area contributed by atoms with Gasteiger partial charge < -0.3 is 5.32 Å². The molecule has 0 radical (unpaired) electrons. The van der Waals surface area contributed by atoms with Crippen molar-refractivity contribution in [2.24, 2.45) is 5.92 Å². The fraction of sp³-hybridized carbons (Fsp3) is 0.650. The van der Waals surface area contributed by atoms with Crippen LogP contribution in [0.5, 0.6) is 0 Å². The highest BCUT2D eigenvalue weighted by molar-refractivity contribution is 7.99.